The molecule has 3 heterocycles. The monoisotopic (exact) mass is 461 g/mol. The number of nitrogens with one attached hydrogen (secondary N) is 1. The fourth-order valence-corrected chi connectivity index (χ4v) is 4.08. The van der Waals surface area contributed by atoms with E-state index in [1.54, 1.807) is 10.7 Å². The Kier molecular flexibility index (Phi) is 7.02. The first-order valence-corrected chi connectivity index (χ1v) is 11.5. The molecule has 178 valence electrons. The summed E-state index contributed by atoms with van der Waals surface area (Å²) >= 11 is 0. The number of carbonyl (C=O) groups is 2. The molecular formula is C25H31N7O2. The lowest BCUT2D eigenvalue weighted by atomic mass is 10.1. The number of nitrogens with zero attached hydrogens (tertiary/aromatic N) is 6. The lowest BCUT2D eigenvalue weighted by Crippen LogP contribution is -2.50. The Morgan fingerprint density at radius 2 is 1.53 bits per heavy atom. The van der Waals surface area contributed by atoms with Crippen LogP contribution in [0.5, 0.6) is 0 Å². The molecule has 0 bridgehead atoms. The van der Waals surface area contributed by atoms with Crippen molar-refractivity contribution in [1.82, 2.24) is 29.5 Å². The van der Waals surface area contributed by atoms with Crippen molar-refractivity contribution in [2.45, 2.75) is 34.1 Å². The van der Waals surface area contributed by atoms with Crippen molar-refractivity contribution >= 4 is 17.6 Å². The highest BCUT2D eigenvalue weighted by Crippen LogP contribution is 2.16. The molecule has 0 saturated carbocycles. The molecule has 1 saturated heterocycles. The summed E-state index contributed by atoms with van der Waals surface area (Å²) in [4.78, 5) is 38.3. The predicted octanol–water partition coefficient (Wildman–Crippen LogP) is 2.22. The van der Waals surface area contributed by atoms with E-state index in [1.165, 1.54) is 5.56 Å². The molecule has 0 spiro atoms. The van der Waals surface area contributed by atoms with Crippen LogP contribution in [0.3, 0.4) is 0 Å². The maximum atomic E-state index is 12.8. The van der Waals surface area contributed by atoms with E-state index >= 15 is 0 Å². The first-order chi connectivity index (χ1) is 16.3. The number of anilines is 1. The number of piperazine rings is 1. The van der Waals surface area contributed by atoms with Gasteiger partial charge in [0.15, 0.2) is 0 Å². The van der Waals surface area contributed by atoms with Gasteiger partial charge >= 0.3 is 0 Å². The average Bonchev–Trinajstić information content (AvgIpc) is 3.15. The Bertz CT molecular complexity index is 1160. The summed E-state index contributed by atoms with van der Waals surface area (Å²) in [6, 6.07) is 11.8. The molecule has 4 rings (SSSR count). The second-order valence-corrected chi connectivity index (χ2v) is 8.90. The highest BCUT2D eigenvalue weighted by molar-refractivity contribution is 5.91. The maximum Gasteiger partial charge on any atom is 0.252 e. The number of aryl methyl sites for hydroxylation is 4. The SMILES string of the molecule is Cc1ccc(CC(=O)N2CCN(CC(=O)Nc3cc(C)nn3-c3nc(C)cc(C)n3)CC2)cc1. The third kappa shape index (κ3) is 5.85. The number of aromatic nitrogens is 4. The van der Waals surface area contributed by atoms with Gasteiger partial charge in [0.25, 0.3) is 5.95 Å². The molecule has 0 atom stereocenters. The summed E-state index contributed by atoms with van der Waals surface area (Å²) in [5.74, 6) is 0.965. The van der Waals surface area contributed by atoms with Crippen LogP contribution < -0.4 is 5.32 Å². The van der Waals surface area contributed by atoms with Crippen molar-refractivity contribution in [2.75, 3.05) is 38.0 Å². The Labute approximate surface area is 199 Å². The second-order valence-electron chi connectivity index (χ2n) is 8.90. The molecule has 1 aliphatic heterocycles. The lowest BCUT2D eigenvalue weighted by Gasteiger charge is -2.34. The summed E-state index contributed by atoms with van der Waals surface area (Å²) in [6.45, 7) is 10.5. The van der Waals surface area contributed by atoms with E-state index in [2.05, 4.69) is 25.3 Å². The standard InChI is InChI=1S/C25H31N7O2/c1-17-5-7-21(8-6-17)15-24(34)31-11-9-30(10-12-31)16-23(33)28-22-14-20(4)29-32(22)25-26-18(2)13-19(3)27-25/h5-8,13-14H,9-12,15-16H2,1-4H3,(H,28,33). The number of amides is 2. The smallest absolute Gasteiger partial charge is 0.252 e. The van der Waals surface area contributed by atoms with Crippen LogP contribution >= 0.6 is 0 Å². The van der Waals surface area contributed by atoms with Crippen molar-refractivity contribution in [3.05, 3.63) is 64.6 Å². The molecule has 34 heavy (non-hydrogen) atoms. The Balaban J connectivity index is 1.31. The molecule has 9 nitrogen and oxygen atoms in total. The van der Waals surface area contributed by atoms with Crippen LogP contribution in [0.2, 0.25) is 0 Å². The van der Waals surface area contributed by atoms with Gasteiger partial charge in [0.2, 0.25) is 11.8 Å². The van der Waals surface area contributed by atoms with E-state index in [9.17, 15) is 9.59 Å². The van der Waals surface area contributed by atoms with Gasteiger partial charge in [0.05, 0.1) is 18.7 Å². The van der Waals surface area contributed by atoms with E-state index in [0.29, 0.717) is 44.4 Å². The van der Waals surface area contributed by atoms with Crippen LogP contribution in [-0.4, -0.2) is 74.1 Å². The van der Waals surface area contributed by atoms with Crippen molar-refractivity contribution in [1.29, 1.82) is 0 Å². The van der Waals surface area contributed by atoms with E-state index in [-0.39, 0.29) is 18.4 Å². The largest absolute Gasteiger partial charge is 0.340 e. The van der Waals surface area contributed by atoms with Gasteiger partial charge in [-0.25, -0.2) is 9.97 Å². The van der Waals surface area contributed by atoms with Gasteiger partial charge in [-0.1, -0.05) is 29.8 Å². The van der Waals surface area contributed by atoms with Gasteiger partial charge in [-0.2, -0.15) is 9.78 Å². The van der Waals surface area contributed by atoms with Crippen LogP contribution in [0.1, 0.15) is 28.2 Å². The zero-order chi connectivity index (χ0) is 24.2. The van der Waals surface area contributed by atoms with Crippen LogP contribution in [0.25, 0.3) is 5.95 Å². The molecular weight excluding hydrogens is 430 g/mol. The molecule has 0 radical (unpaired) electrons. The Morgan fingerprint density at radius 3 is 2.18 bits per heavy atom. The number of carbonyl (C=O) groups excluding carboxylic acids is 2. The van der Waals surface area contributed by atoms with Crippen LogP contribution in [-0.2, 0) is 16.0 Å². The minimum absolute atomic E-state index is 0.126. The second kappa shape index (κ2) is 10.1. The molecule has 9 heteroatoms. The zero-order valence-electron chi connectivity index (χ0n) is 20.2. The zero-order valence-corrected chi connectivity index (χ0v) is 20.2. The van der Waals surface area contributed by atoms with Gasteiger partial charge in [0.1, 0.15) is 5.82 Å². The fourth-order valence-electron chi connectivity index (χ4n) is 4.08. The minimum Gasteiger partial charge on any atom is -0.340 e. The topological polar surface area (TPSA) is 96.2 Å². The molecule has 0 aliphatic carbocycles. The Morgan fingerprint density at radius 1 is 0.882 bits per heavy atom. The normalized spacial score (nSPS) is 14.3. The number of hydrogen-bond donors (Lipinski definition) is 1. The first kappa shape index (κ1) is 23.6. The first-order valence-electron chi connectivity index (χ1n) is 11.5. The molecule has 1 aliphatic rings. The van der Waals surface area contributed by atoms with Gasteiger partial charge in [-0.15, -0.1) is 0 Å². The summed E-state index contributed by atoms with van der Waals surface area (Å²) in [7, 11) is 0. The van der Waals surface area contributed by atoms with Gasteiger partial charge < -0.3 is 10.2 Å². The Hall–Kier alpha value is -3.59. The quantitative estimate of drug-likeness (QED) is 0.605. The van der Waals surface area contributed by atoms with E-state index in [1.807, 2.05) is 62.9 Å². The highest BCUT2D eigenvalue weighted by atomic mass is 16.2. The summed E-state index contributed by atoms with van der Waals surface area (Å²) in [5.41, 5.74) is 4.64. The third-order valence-corrected chi connectivity index (χ3v) is 5.83. The number of hydrogen-bond acceptors (Lipinski definition) is 6. The minimum atomic E-state index is -0.134. The lowest BCUT2D eigenvalue weighted by molar-refractivity contribution is -0.132. The fraction of sp³-hybridized carbons (Fsp3) is 0.400. The molecule has 2 amide bonds. The molecule has 3 aromatic rings. The van der Waals surface area contributed by atoms with Crippen molar-refractivity contribution in [2.24, 2.45) is 0 Å². The highest BCUT2D eigenvalue weighted by Gasteiger charge is 2.23. The van der Waals surface area contributed by atoms with Gasteiger partial charge in [-0.3, -0.25) is 14.5 Å². The molecule has 1 fully saturated rings. The van der Waals surface area contributed by atoms with Crippen LogP contribution in [0, 0.1) is 27.7 Å². The number of benzene rings is 1. The van der Waals surface area contributed by atoms with Crippen molar-refractivity contribution in [3.63, 3.8) is 0 Å². The van der Waals surface area contributed by atoms with E-state index < -0.39 is 0 Å². The van der Waals surface area contributed by atoms with E-state index in [0.717, 1.165) is 22.6 Å². The molecule has 1 N–H and O–H groups in total. The van der Waals surface area contributed by atoms with E-state index in [4.69, 9.17) is 0 Å². The van der Waals surface area contributed by atoms with Gasteiger partial charge in [-0.05, 0) is 39.3 Å². The number of rotatable bonds is 6. The predicted molar refractivity (Wildman–Crippen MR) is 130 cm³/mol. The summed E-state index contributed by atoms with van der Waals surface area (Å²) < 4.78 is 1.56. The molecule has 0 unspecified atom stereocenters. The molecule has 1 aromatic carbocycles. The van der Waals surface area contributed by atoms with Crippen molar-refractivity contribution in [3.8, 4) is 5.95 Å². The maximum absolute atomic E-state index is 12.8. The van der Waals surface area contributed by atoms with Crippen LogP contribution in [0.15, 0.2) is 36.4 Å². The average molecular weight is 462 g/mol. The third-order valence-electron chi connectivity index (χ3n) is 5.83. The van der Waals surface area contributed by atoms with Crippen molar-refractivity contribution < 1.29 is 9.59 Å². The van der Waals surface area contributed by atoms with Gasteiger partial charge in [0, 0.05) is 43.6 Å². The summed E-state index contributed by atoms with van der Waals surface area (Å²) in [5, 5.41) is 7.40. The molecule has 2 aromatic heterocycles. The summed E-state index contributed by atoms with van der Waals surface area (Å²) in [6.07, 6.45) is 0.407. The van der Waals surface area contributed by atoms with Crippen LogP contribution in [0.4, 0.5) is 5.82 Å².